The zero-order chi connectivity index (χ0) is 16.3. The number of rotatable bonds is 5. The second-order valence-corrected chi connectivity index (χ2v) is 6.80. The number of nitrogens with one attached hydrogen (secondary N) is 1. The summed E-state index contributed by atoms with van der Waals surface area (Å²) in [6.45, 7) is 3.40. The molecule has 5 nitrogen and oxygen atoms in total. The number of amides is 1. The molecule has 2 aliphatic rings. The Labute approximate surface area is 137 Å². The van der Waals surface area contributed by atoms with Gasteiger partial charge in [-0.25, -0.2) is 0 Å². The lowest BCUT2D eigenvalue weighted by atomic mass is 9.86. The molecule has 0 unspecified atom stereocenters. The van der Waals surface area contributed by atoms with Crippen LogP contribution in [0, 0.1) is 5.92 Å². The second kappa shape index (κ2) is 6.99. The maximum Gasteiger partial charge on any atom is 0.239 e. The van der Waals surface area contributed by atoms with Crippen molar-refractivity contribution in [3.63, 3.8) is 0 Å². The Kier molecular flexibility index (Phi) is 4.99. The Morgan fingerprint density at radius 1 is 1.35 bits per heavy atom. The highest BCUT2D eigenvalue weighted by atomic mass is 16.7. The lowest BCUT2D eigenvalue weighted by molar-refractivity contribution is -0.191. The molecule has 126 valence electrons. The van der Waals surface area contributed by atoms with Crippen molar-refractivity contribution < 1.29 is 14.3 Å². The normalized spacial score (nSPS) is 32.0. The molecule has 3 N–H and O–H groups in total. The van der Waals surface area contributed by atoms with Gasteiger partial charge in [-0.05, 0) is 24.3 Å². The van der Waals surface area contributed by atoms with Crippen molar-refractivity contribution in [2.24, 2.45) is 11.7 Å². The van der Waals surface area contributed by atoms with Crippen LogP contribution in [0.3, 0.4) is 0 Å². The highest BCUT2D eigenvalue weighted by molar-refractivity contribution is 5.81. The molecular weight excluding hydrogens is 292 g/mol. The first-order valence-electron chi connectivity index (χ1n) is 8.47. The van der Waals surface area contributed by atoms with Gasteiger partial charge in [0, 0.05) is 19.4 Å². The summed E-state index contributed by atoms with van der Waals surface area (Å²) >= 11 is 0. The van der Waals surface area contributed by atoms with E-state index in [0.717, 1.165) is 37.2 Å². The molecule has 3 rings (SSSR count). The molecule has 23 heavy (non-hydrogen) atoms. The van der Waals surface area contributed by atoms with E-state index in [1.807, 2.05) is 30.3 Å². The van der Waals surface area contributed by atoms with Crippen molar-refractivity contribution in [1.29, 1.82) is 0 Å². The fourth-order valence-electron chi connectivity index (χ4n) is 3.46. The zero-order valence-corrected chi connectivity index (χ0v) is 13.7. The minimum absolute atomic E-state index is 0.0334. The molecule has 0 bridgehead atoms. The molecule has 2 atom stereocenters. The second-order valence-electron chi connectivity index (χ2n) is 6.80. The number of carbonyl (C=O) groups is 1. The summed E-state index contributed by atoms with van der Waals surface area (Å²) < 4.78 is 12.1. The summed E-state index contributed by atoms with van der Waals surface area (Å²) in [5.41, 5.74) is 6.41. The first-order chi connectivity index (χ1) is 11.1. The van der Waals surface area contributed by atoms with Crippen LogP contribution in [0.2, 0.25) is 0 Å². The van der Waals surface area contributed by atoms with Crippen LogP contribution in [0.15, 0.2) is 30.3 Å². The SMILES string of the molecule is CC1CCC2(CC1)OC[C@H](CN[C@H](C(N)=O)c1ccccc1)O2. The minimum atomic E-state index is -0.497. The van der Waals surface area contributed by atoms with Crippen LogP contribution < -0.4 is 11.1 Å². The molecule has 0 aromatic heterocycles. The van der Waals surface area contributed by atoms with E-state index >= 15 is 0 Å². The average molecular weight is 318 g/mol. The Bertz CT molecular complexity index is 526. The van der Waals surface area contributed by atoms with Crippen LogP contribution in [0.4, 0.5) is 0 Å². The van der Waals surface area contributed by atoms with Crippen LogP contribution in [0.1, 0.15) is 44.2 Å². The molecule has 1 aromatic carbocycles. The molecule has 1 spiro atoms. The maximum absolute atomic E-state index is 11.7. The number of hydrogen-bond donors (Lipinski definition) is 2. The van der Waals surface area contributed by atoms with Crippen LogP contribution >= 0.6 is 0 Å². The predicted molar refractivity (Wildman–Crippen MR) is 87.6 cm³/mol. The number of carbonyl (C=O) groups excluding carboxylic acids is 1. The van der Waals surface area contributed by atoms with Crippen LogP contribution in [-0.4, -0.2) is 30.9 Å². The van der Waals surface area contributed by atoms with Crippen molar-refractivity contribution in [2.45, 2.75) is 50.5 Å². The van der Waals surface area contributed by atoms with Gasteiger partial charge in [-0.15, -0.1) is 0 Å². The highest BCUT2D eigenvalue weighted by Gasteiger charge is 2.43. The lowest BCUT2D eigenvalue weighted by Gasteiger charge is -2.34. The molecule has 1 aliphatic heterocycles. The molecule has 5 heteroatoms. The number of primary amides is 1. The van der Waals surface area contributed by atoms with E-state index in [2.05, 4.69) is 12.2 Å². The minimum Gasteiger partial charge on any atom is -0.368 e. The van der Waals surface area contributed by atoms with Crippen molar-refractivity contribution in [2.75, 3.05) is 13.2 Å². The summed E-state index contributed by atoms with van der Waals surface area (Å²) in [6, 6.07) is 9.03. The fourth-order valence-corrected chi connectivity index (χ4v) is 3.46. The van der Waals surface area contributed by atoms with Crippen molar-refractivity contribution in [1.82, 2.24) is 5.32 Å². The smallest absolute Gasteiger partial charge is 0.239 e. The van der Waals surface area contributed by atoms with Gasteiger partial charge in [-0.3, -0.25) is 10.1 Å². The van der Waals surface area contributed by atoms with Gasteiger partial charge < -0.3 is 15.2 Å². The molecule has 0 radical (unpaired) electrons. The first kappa shape index (κ1) is 16.4. The van der Waals surface area contributed by atoms with Crippen LogP contribution in [-0.2, 0) is 14.3 Å². The van der Waals surface area contributed by atoms with E-state index in [1.54, 1.807) is 0 Å². The summed E-state index contributed by atoms with van der Waals surface area (Å²) in [6.07, 6.45) is 4.18. The van der Waals surface area contributed by atoms with E-state index in [-0.39, 0.29) is 12.0 Å². The molecule has 1 aliphatic carbocycles. The summed E-state index contributed by atoms with van der Waals surface area (Å²) in [7, 11) is 0. The Morgan fingerprint density at radius 3 is 2.70 bits per heavy atom. The van der Waals surface area contributed by atoms with Gasteiger partial charge >= 0.3 is 0 Å². The van der Waals surface area contributed by atoms with Crippen LogP contribution in [0.5, 0.6) is 0 Å². The predicted octanol–water partition coefficient (Wildman–Crippen LogP) is 2.12. The fraction of sp³-hybridized carbons (Fsp3) is 0.611. The number of nitrogens with two attached hydrogens (primary N) is 1. The quantitative estimate of drug-likeness (QED) is 0.872. The molecular formula is C18H26N2O3. The molecule has 2 fully saturated rings. The molecule has 1 saturated carbocycles. The van der Waals surface area contributed by atoms with Gasteiger partial charge in [0.1, 0.15) is 6.04 Å². The van der Waals surface area contributed by atoms with E-state index < -0.39 is 11.8 Å². The monoisotopic (exact) mass is 318 g/mol. The molecule has 1 saturated heterocycles. The Balaban J connectivity index is 1.55. The van der Waals surface area contributed by atoms with E-state index in [1.165, 1.54) is 0 Å². The summed E-state index contributed by atoms with van der Waals surface area (Å²) in [4.78, 5) is 11.7. The molecule has 1 aromatic rings. The Morgan fingerprint density at radius 2 is 2.04 bits per heavy atom. The van der Waals surface area contributed by atoms with E-state index in [9.17, 15) is 4.79 Å². The molecule has 1 heterocycles. The molecule has 1 amide bonds. The van der Waals surface area contributed by atoms with Gasteiger partial charge in [0.25, 0.3) is 0 Å². The van der Waals surface area contributed by atoms with Gasteiger partial charge in [0.15, 0.2) is 5.79 Å². The average Bonchev–Trinajstić information content (AvgIpc) is 2.95. The van der Waals surface area contributed by atoms with Gasteiger partial charge in [0.2, 0.25) is 5.91 Å². The first-order valence-corrected chi connectivity index (χ1v) is 8.47. The maximum atomic E-state index is 11.7. The number of benzene rings is 1. The third-order valence-corrected chi connectivity index (χ3v) is 4.92. The number of hydrogen-bond acceptors (Lipinski definition) is 4. The van der Waals surface area contributed by atoms with Crippen LogP contribution in [0.25, 0.3) is 0 Å². The van der Waals surface area contributed by atoms with E-state index in [4.69, 9.17) is 15.2 Å². The third kappa shape index (κ3) is 3.91. The summed E-state index contributed by atoms with van der Waals surface area (Å²) in [5, 5.41) is 3.23. The topological polar surface area (TPSA) is 73.6 Å². The van der Waals surface area contributed by atoms with Crippen molar-refractivity contribution >= 4 is 5.91 Å². The highest BCUT2D eigenvalue weighted by Crippen LogP contribution is 2.39. The number of ether oxygens (including phenoxy) is 2. The standard InChI is InChI=1S/C18H26N2O3/c1-13-7-9-18(10-8-13)22-12-15(23-18)11-20-16(17(19)21)14-5-3-2-4-6-14/h2-6,13,15-16,20H,7-12H2,1H3,(H2,19,21)/t13?,15-,16-,18?/m0/s1. The Hall–Kier alpha value is -1.43. The lowest BCUT2D eigenvalue weighted by Crippen LogP contribution is -2.40. The third-order valence-electron chi connectivity index (χ3n) is 4.92. The van der Waals surface area contributed by atoms with Crippen molar-refractivity contribution in [3.05, 3.63) is 35.9 Å². The van der Waals surface area contributed by atoms with Gasteiger partial charge in [-0.1, -0.05) is 37.3 Å². The zero-order valence-electron chi connectivity index (χ0n) is 13.7. The largest absolute Gasteiger partial charge is 0.368 e. The van der Waals surface area contributed by atoms with Gasteiger partial charge in [-0.2, -0.15) is 0 Å². The van der Waals surface area contributed by atoms with Crippen molar-refractivity contribution in [3.8, 4) is 0 Å². The van der Waals surface area contributed by atoms with Gasteiger partial charge in [0.05, 0.1) is 12.7 Å². The van der Waals surface area contributed by atoms with E-state index in [0.29, 0.717) is 13.2 Å². The summed E-state index contributed by atoms with van der Waals surface area (Å²) in [5.74, 6) is -0.0213.